The predicted molar refractivity (Wildman–Crippen MR) is 128 cm³/mol. The highest BCUT2D eigenvalue weighted by molar-refractivity contribution is 9.10. The summed E-state index contributed by atoms with van der Waals surface area (Å²) in [4.78, 5) is 0. The van der Waals surface area contributed by atoms with Crippen molar-refractivity contribution in [1.29, 1.82) is 0 Å². The number of benzene rings is 2. The SMILES string of the molecule is CCCCn1nnnc1CSc1nnc(-c2ccc(Br)cc2)n1-c1ccc(OC)c(Cl)c1. The summed E-state index contributed by atoms with van der Waals surface area (Å²) in [7, 11) is 1.59. The van der Waals surface area contributed by atoms with Gasteiger partial charge in [-0.05, 0) is 47.2 Å². The maximum atomic E-state index is 6.42. The summed E-state index contributed by atoms with van der Waals surface area (Å²) < 4.78 is 10.1. The predicted octanol–water partition coefficient (Wildman–Crippen LogP) is 5.44. The zero-order valence-corrected chi connectivity index (χ0v) is 20.7. The van der Waals surface area contributed by atoms with E-state index in [0.29, 0.717) is 27.5 Å². The van der Waals surface area contributed by atoms with Gasteiger partial charge in [0.1, 0.15) is 5.75 Å². The van der Waals surface area contributed by atoms with Crippen LogP contribution in [0.25, 0.3) is 17.1 Å². The molecule has 11 heteroatoms. The number of aromatic nitrogens is 7. The quantitative estimate of drug-likeness (QED) is 0.264. The van der Waals surface area contributed by atoms with Crippen molar-refractivity contribution in [3.05, 3.63) is 57.8 Å². The van der Waals surface area contributed by atoms with Crippen LogP contribution in [0.5, 0.6) is 5.75 Å². The van der Waals surface area contributed by atoms with Gasteiger partial charge in [0, 0.05) is 16.6 Å². The molecule has 0 bridgehead atoms. The smallest absolute Gasteiger partial charge is 0.196 e. The Kier molecular flexibility index (Phi) is 7.44. The number of hydrogen-bond donors (Lipinski definition) is 0. The first-order valence-corrected chi connectivity index (χ1v) is 12.2. The number of tetrazole rings is 1. The van der Waals surface area contributed by atoms with E-state index in [1.54, 1.807) is 7.11 Å². The molecule has 4 rings (SSSR count). The Hall–Kier alpha value is -2.43. The molecule has 0 saturated heterocycles. The molecule has 166 valence electrons. The van der Waals surface area contributed by atoms with Crippen LogP contribution in [-0.4, -0.2) is 42.1 Å². The molecule has 2 aromatic heterocycles. The minimum absolute atomic E-state index is 0.514. The number of hydrogen-bond acceptors (Lipinski definition) is 7. The second kappa shape index (κ2) is 10.5. The largest absolute Gasteiger partial charge is 0.495 e. The normalized spacial score (nSPS) is 11.1. The van der Waals surface area contributed by atoms with Gasteiger partial charge in [0.15, 0.2) is 16.8 Å². The van der Waals surface area contributed by atoms with E-state index in [4.69, 9.17) is 16.3 Å². The van der Waals surface area contributed by atoms with Crippen LogP contribution < -0.4 is 4.74 Å². The molecular weight excluding hydrogens is 514 g/mol. The summed E-state index contributed by atoms with van der Waals surface area (Å²) in [6.45, 7) is 2.94. The van der Waals surface area contributed by atoms with Crippen LogP contribution in [-0.2, 0) is 12.3 Å². The first-order valence-electron chi connectivity index (χ1n) is 10.0. The van der Waals surface area contributed by atoms with Crippen molar-refractivity contribution in [3.63, 3.8) is 0 Å². The van der Waals surface area contributed by atoms with Crippen molar-refractivity contribution >= 4 is 39.3 Å². The lowest BCUT2D eigenvalue weighted by Crippen LogP contribution is -2.06. The van der Waals surface area contributed by atoms with Crippen molar-refractivity contribution in [2.75, 3.05) is 7.11 Å². The Morgan fingerprint density at radius 2 is 1.91 bits per heavy atom. The molecule has 2 heterocycles. The zero-order valence-electron chi connectivity index (χ0n) is 17.6. The van der Waals surface area contributed by atoms with Crippen LogP contribution >= 0.6 is 39.3 Å². The molecule has 0 aliphatic carbocycles. The third-order valence-corrected chi connectivity index (χ3v) is 6.54. The van der Waals surface area contributed by atoms with Gasteiger partial charge in [0.2, 0.25) is 0 Å². The number of ether oxygens (including phenoxy) is 1. The summed E-state index contributed by atoms with van der Waals surface area (Å²) in [5.74, 6) is 2.69. The van der Waals surface area contributed by atoms with Gasteiger partial charge in [-0.15, -0.1) is 15.3 Å². The topological polar surface area (TPSA) is 83.5 Å². The first-order chi connectivity index (χ1) is 15.6. The van der Waals surface area contributed by atoms with Gasteiger partial charge in [-0.25, -0.2) is 4.68 Å². The molecule has 0 atom stereocenters. The van der Waals surface area contributed by atoms with Crippen LogP contribution in [0.15, 0.2) is 52.1 Å². The Labute approximate surface area is 203 Å². The third-order valence-electron chi connectivity index (χ3n) is 4.79. The van der Waals surface area contributed by atoms with Gasteiger partial charge >= 0.3 is 0 Å². The summed E-state index contributed by atoms with van der Waals surface area (Å²) in [6.07, 6.45) is 2.10. The van der Waals surface area contributed by atoms with Crippen LogP contribution in [0, 0.1) is 0 Å². The number of aryl methyl sites for hydroxylation is 1. The van der Waals surface area contributed by atoms with E-state index in [1.165, 1.54) is 11.8 Å². The number of nitrogens with zero attached hydrogens (tertiary/aromatic N) is 7. The van der Waals surface area contributed by atoms with Crippen LogP contribution in [0.3, 0.4) is 0 Å². The Balaban J connectivity index is 1.70. The number of unbranched alkanes of at least 4 members (excludes halogenated alkanes) is 1. The lowest BCUT2D eigenvalue weighted by atomic mass is 10.2. The third kappa shape index (κ3) is 4.97. The van der Waals surface area contributed by atoms with Gasteiger partial charge < -0.3 is 4.74 Å². The fourth-order valence-electron chi connectivity index (χ4n) is 3.11. The maximum Gasteiger partial charge on any atom is 0.196 e. The fourth-order valence-corrected chi connectivity index (χ4v) is 4.51. The average molecular weight is 535 g/mol. The second-order valence-corrected chi connectivity index (χ2v) is 9.19. The van der Waals surface area contributed by atoms with Crippen molar-refractivity contribution in [2.24, 2.45) is 0 Å². The molecule has 0 radical (unpaired) electrons. The van der Waals surface area contributed by atoms with Crippen molar-refractivity contribution in [2.45, 2.75) is 37.2 Å². The van der Waals surface area contributed by atoms with Crippen LogP contribution in [0.4, 0.5) is 0 Å². The highest BCUT2D eigenvalue weighted by atomic mass is 79.9. The van der Waals surface area contributed by atoms with E-state index in [-0.39, 0.29) is 0 Å². The Morgan fingerprint density at radius 1 is 1.09 bits per heavy atom. The molecule has 0 saturated carbocycles. The molecule has 0 aliphatic rings. The zero-order chi connectivity index (χ0) is 22.5. The monoisotopic (exact) mass is 533 g/mol. The summed E-state index contributed by atoms with van der Waals surface area (Å²) in [6, 6.07) is 13.6. The van der Waals surface area contributed by atoms with Gasteiger partial charge in [0.25, 0.3) is 0 Å². The van der Waals surface area contributed by atoms with E-state index < -0.39 is 0 Å². The molecule has 4 aromatic rings. The first kappa shape index (κ1) is 22.8. The van der Waals surface area contributed by atoms with E-state index >= 15 is 0 Å². The standard InChI is InChI=1S/C21H21BrClN7OS/c1-3-4-11-29-19(24-27-28-29)13-32-21-26-25-20(14-5-7-15(22)8-6-14)30(21)16-9-10-18(31-2)17(23)12-16/h5-10,12H,3-4,11,13H2,1-2H3. The number of halogens is 2. The molecule has 0 spiro atoms. The Bertz CT molecular complexity index is 1200. The molecule has 0 fully saturated rings. The molecule has 32 heavy (non-hydrogen) atoms. The van der Waals surface area contributed by atoms with Gasteiger partial charge in [-0.1, -0.05) is 64.8 Å². The lowest BCUT2D eigenvalue weighted by Gasteiger charge is -2.12. The summed E-state index contributed by atoms with van der Waals surface area (Å²) >= 11 is 11.4. The van der Waals surface area contributed by atoms with Gasteiger partial charge in [-0.2, -0.15) is 0 Å². The maximum absolute atomic E-state index is 6.42. The average Bonchev–Trinajstić information content (AvgIpc) is 3.43. The van der Waals surface area contributed by atoms with E-state index in [9.17, 15) is 0 Å². The van der Waals surface area contributed by atoms with Gasteiger partial charge in [0.05, 0.1) is 23.6 Å². The molecule has 0 N–H and O–H groups in total. The van der Waals surface area contributed by atoms with Crippen molar-refractivity contribution < 1.29 is 4.74 Å². The van der Waals surface area contributed by atoms with E-state index in [2.05, 4.69) is 48.6 Å². The minimum atomic E-state index is 0.514. The second-order valence-electron chi connectivity index (χ2n) is 6.93. The number of thioether (sulfide) groups is 1. The van der Waals surface area contributed by atoms with Gasteiger partial charge in [-0.3, -0.25) is 4.57 Å². The van der Waals surface area contributed by atoms with Crippen molar-refractivity contribution in [3.8, 4) is 22.8 Å². The number of methoxy groups -OCH3 is 1. The van der Waals surface area contributed by atoms with Crippen LogP contribution in [0.2, 0.25) is 5.02 Å². The number of rotatable bonds is 9. The molecule has 2 aromatic carbocycles. The molecule has 8 nitrogen and oxygen atoms in total. The molecular formula is C21H21BrClN7OS. The molecule has 0 unspecified atom stereocenters. The van der Waals surface area contributed by atoms with Crippen LogP contribution in [0.1, 0.15) is 25.6 Å². The summed E-state index contributed by atoms with van der Waals surface area (Å²) in [5, 5.41) is 22.3. The van der Waals surface area contributed by atoms with Crippen molar-refractivity contribution in [1.82, 2.24) is 35.0 Å². The minimum Gasteiger partial charge on any atom is -0.495 e. The molecule has 0 amide bonds. The Morgan fingerprint density at radius 3 is 2.62 bits per heavy atom. The van der Waals surface area contributed by atoms with E-state index in [1.807, 2.05) is 51.7 Å². The molecule has 0 aliphatic heterocycles. The lowest BCUT2D eigenvalue weighted by molar-refractivity contribution is 0.415. The van der Waals surface area contributed by atoms with E-state index in [0.717, 1.165) is 40.9 Å². The highest BCUT2D eigenvalue weighted by Crippen LogP contribution is 2.33. The highest BCUT2D eigenvalue weighted by Gasteiger charge is 2.18. The summed E-state index contributed by atoms with van der Waals surface area (Å²) in [5.41, 5.74) is 1.78. The fraction of sp³-hybridized carbons (Fsp3) is 0.286.